The van der Waals surface area contributed by atoms with Gasteiger partial charge in [0.25, 0.3) is 0 Å². The van der Waals surface area contributed by atoms with E-state index in [1.807, 2.05) is 47.0 Å². The van der Waals surface area contributed by atoms with Crippen LogP contribution in [0.25, 0.3) is 5.65 Å². The Hall–Kier alpha value is -2.42. The number of rotatable bonds is 4. The first-order chi connectivity index (χ1) is 9.75. The van der Waals surface area contributed by atoms with Crippen molar-refractivity contribution in [2.75, 3.05) is 0 Å². The summed E-state index contributed by atoms with van der Waals surface area (Å²) in [5, 5.41) is 0. The number of carbonyl (C=O) groups excluding carboxylic acids is 1. The van der Waals surface area contributed by atoms with Crippen LogP contribution in [0.4, 0.5) is 0 Å². The van der Waals surface area contributed by atoms with E-state index in [9.17, 15) is 4.79 Å². The van der Waals surface area contributed by atoms with Gasteiger partial charge in [0.05, 0.1) is 5.69 Å². The van der Waals surface area contributed by atoms with Crippen molar-refractivity contribution in [2.45, 2.75) is 19.8 Å². The highest BCUT2D eigenvalue weighted by molar-refractivity contribution is 5.94. The molecule has 0 bridgehead atoms. The molecule has 0 atom stereocenters. The van der Waals surface area contributed by atoms with Gasteiger partial charge in [0, 0.05) is 13.1 Å². The lowest BCUT2D eigenvalue weighted by Gasteiger charge is -2.04. The molecule has 0 spiro atoms. The minimum atomic E-state index is 0.0248. The molecule has 3 rings (SSSR count). The number of fused-ring (bicyclic) bond motifs is 1. The summed E-state index contributed by atoms with van der Waals surface area (Å²) >= 11 is 0. The number of imidazole rings is 1. The molecule has 0 fully saturated rings. The van der Waals surface area contributed by atoms with Crippen LogP contribution >= 0.6 is 0 Å². The lowest BCUT2D eigenvalue weighted by Crippen LogP contribution is -2.03. The normalized spacial score (nSPS) is 10.8. The summed E-state index contributed by atoms with van der Waals surface area (Å²) in [6.45, 7) is 1.58. The molecule has 0 saturated carbocycles. The molecule has 3 nitrogen and oxygen atoms in total. The molecule has 0 N–H and O–H groups in total. The van der Waals surface area contributed by atoms with Gasteiger partial charge in [0.15, 0.2) is 5.78 Å². The van der Waals surface area contributed by atoms with E-state index in [2.05, 4.69) is 17.1 Å². The van der Waals surface area contributed by atoms with Crippen LogP contribution in [0, 0.1) is 0 Å². The molecular formula is C17H16N2O. The van der Waals surface area contributed by atoms with Crippen LogP contribution in [0.15, 0.2) is 54.7 Å². The largest absolute Gasteiger partial charge is 0.303 e. The van der Waals surface area contributed by atoms with E-state index < -0.39 is 0 Å². The van der Waals surface area contributed by atoms with Crippen LogP contribution in [0.3, 0.4) is 0 Å². The predicted molar refractivity (Wildman–Crippen MR) is 79.0 cm³/mol. The van der Waals surface area contributed by atoms with E-state index in [1.165, 1.54) is 5.56 Å². The number of hydrogen-bond acceptors (Lipinski definition) is 2. The summed E-state index contributed by atoms with van der Waals surface area (Å²) in [5.74, 6) is 0.0248. The second-order valence-electron chi connectivity index (χ2n) is 4.88. The fraction of sp³-hybridized carbons (Fsp3) is 0.176. The average molecular weight is 264 g/mol. The Kier molecular flexibility index (Phi) is 3.33. The predicted octanol–water partition coefficient (Wildman–Crippen LogP) is 3.32. The van der Waals surface area contributed by atoms with Crippen LogP contribution in [0.1, 0.15) is 28.7 Å². The zero-order valence-corrected chi connectivity index (χ0v) is 11.4. The molecule has 3 heteroatoms. The highest BCUT2D eigenvalue weighted by Gasteiger charge is 2.15. The lowest BCUT2D eigenvalue weighted by atomic mass is 10.1. The Morgan fingerprint density at radius 1 is 1.05 bits per heavy atom. The molecule has 1 aromatic carbocycles. The van der Waals surface area contributed by atoms with Gasteiger partial charge in [-0.1, -0.05) is 36.4 Å². The maximum Gasteiger partial charge on any atom is 0.180 e. The first kappa shape index (κ1) is 12.6. The quantitative estimate of drug-likeness (QED) is 0.677. The molecule has 0 unspecified atom stereocenters. The van der Waals surface area contributed by atoms with E-state index in [0.29, 0.717) is 5.69 Å². The molecule has 0 saturated heterocycles. The van der Waals surface area contributed by atoms with Gasteiger partial charge in [-0.05, 0) is 30.5 Å². The zero-order valence-electron chi connectivity index (χ0n) is 11.4. The third-order valence-corrected chi connectivity index (χ3v) is 3.46. The average Bonchev–Trinajstić information content (AvgIpc) is 2.85. The topological polar surface area (TPSA) is 34.4 Å². The summed E-state index contributed by atoms with van der Waals surface area (Å²) in [5.41, 5.74) is 3.69. The number of aryl methyl sites for hydroxylation is 2. The minimum Gasteiger partial charge on any atom is -0.303 e. The van der Waals surface area contributed by atoms with Crippen molar-refractivity contribution in [3.05, 3.63) is 71.7 Å². The molecule has 0 aliphatic heterocycles. The highest BCUT2D eigenvalue weighted by Crippen LogP contribution is 2.16. The third-order valence-electron chi connectivity index (χ3n) is 3.46. The van der Waals surface area contributed by atoms with Gasteiger partial charge < -0.3 is 4.40 Å². The van der Waals surface area contributed by atoms with Gasteiger partial charge in [-0.15, -0.1) is 0 Å². The Morgan fingerprint density at radius 2 is 1.80 bits per heavy atom. The number of ketones is 1. The van der Waals surface area contributed by atoms with Gasteiger partial charge in [-0.3, -0.25) is 4.79 Å². The molecule has 0 radical (unpaired) electrons. The van der Waals surface area contributed by atoms with E-state index in [1.54, 1.807) is 6.92 Å². The van der Waals surface area contributed by atoms with E-state index in [0.717, 1.165) is 24.2 Å². The van der Waals surface area contributed by atoms with Gasteiger partial charge in [-0.25, -0.2) is 4.98 Å². The van der Waals surface area contributed by atoms with Crippen molar-refractivity contribution in [3.8, 4) is 0 Å². The fourth-order valence-corrected chi connectivity index (χ4v) is 2.47. The number of Topliss-reactive ketones (excluding diaryl/α,β-unsaturated/α-hetero) is 1. The Bertz CT molecular complexity index is 744. The summed E-state index contributed by atoms with van der Waals surface area (Å²) < 4.78 is 2.01. The Balaban J connectivity index is 1.97. The van der Waals surface area contributed by atoms with Crippen molar-refractivity contribution < 1.29 is 4.79 Å². The smallest absolute Gasteiger partial charge is 0.180 e. The van der Waals surface area contributed by atoms with Gasteiger partial charge in [-0.2, -0.15) is 0 Å². The molecule has 2 heterocycles. The molecule has 0 amide bonds. The van der Waals surface area contributed by atoms with Gasteiger partial charge in [0.1, 0.15) is 11.3 Å². The molecule has 20 heavy (non-hydrogen) atoms. The first-order valence-corrected chi connectivity index (χ1v) is 6.76. The number of pyridine rings is 1. The monoisotopic (exact) mass is 264 g/mol. The van der Waals surface area contributed by atoms with E-state index >= 15 is 0 Å². The second kappa shape index (κ2) is 5.29. The maximum absolute atomic E-state index is 11.8. The lowest BCUT2D eigenvalue weighted by molar-refractivity contribution is 0.101. The Labute approximate surface area is 117 Å². The van der Waals surface area contributed by atoms with Gasteiger partial charge in [0.2, 0.25) is 0 Å². The number of hydrogen-bond donors (Lipinski definition) is 0. The van der Waals surface area contributed by atoms with Crippen molar-refractivity contribution >= 4 is 11.4 Å². The second-order valence-corrected chi connectivity index (χ2v) is 4.88. The van der Waals surface area contributed by atoms with Crippen molar-refractivity contribution in [1.29, 1.82) is 0 Å². The zero-order chi connectivity index (χ0) is 13.9. The summed E-state index contributed by atoms with van der Waals surface area (Å²) in [6.07, 6.45) is 3.68. The fourth-order valence-electron chi connectivity index (χ4n) is 2.47. The summed E-state index contributed by atoms with van der Waals surface area (Å²) in [6, 6.07) is 16.1. The minimum absolute atomic E-state index is 0.0248. The van der Waals surface area contributed by atoms with Crippen LogP contribution < -0.4 is 0 Å². The summed E-state index contributed by atoms with van der Waals surface area (Å²) in [4.78, 5) is 16.2. The van der Waals surface area contributed by atoms with E-state index in [4.69, 9.17) is 0 Å². The van der Waals surface area contributed by atoms with Crippen LogP contribution in [-0.2, 0) is 12.8 Å². The van der Waals surface area contributed by atoms with Crippen molar-refractivity contribution in [3.63, 3.8) is 0 Å². The summed E-state index contributed by atoms with van der Waals surface area (Å²) in [7, 11) is 0. The van der Waals surface area contributed by atoms with Crippen LogP contribution in [0.5, 0.6) is 0 Å². The van der Waals surface area contributed by atoms with Crippen LogP contribution in [0.2, 0.25) is 0 Å². The van der Waals surface area contributed by atoms with E-state index in [-0.39, 0.29) is 5.78 Å². The highest BCUT2D eigenvalue weighted by atomic mass is 16.1. The first-order valence-electron chi connectivity index (χ1n) is 6.76. The molecule has 3 aromatic rings. The van der Waals surface area contributed by atoms with Crippen LogP contribution in [-0.4, -0.2) is 15.2 Å². The van der Waals surface area contributed by atoms with Crippen molar-refractivity contribution in [2.24, 2.45) is 0 Å². The number of aromatic nitrogens is 2. The SMILES string of the molecule is CC(=O)c1nc2ccccn2c1CCc1ccccc1. The van der Waals surface area contributed by atoms with Crippen molar-refractivity contribution in [1.82, 2.24) is 9.38 Å². The Morgan fingerprint density at radius 3 is 2.55 bits per heavy atom. The number of benzene rings is 1. The number of nitrogens with zero attached hydrogens (tertiary/aromatic N) is 2. The molecule has 2 aromatic heterocycles. The maximum atomic E-state index is 11.8. The molecule has 100 valence electrons. The standard InChI is InChI=1S/C17H16N2O/c1-13(20)17-15(11-10-14-7-3-2-4-8-14)19-12-6-5-9-16(19)18-17/h2-9,12H,10-11H2,1H3. The molecule has 0 aliphatic carbocycles. The number of carbonyl (C=O) groups is 1. The third kappa shape index (κ3) is 2.35. The molecular weight excluding hydrogens is 248 g/mol. The van der Waals surface area contributed by atoms with Gasteiger partial charge >= 0.3 is 0 Å². The molecule has 0 aliphatic rings.